The molecule has 176 valence electrons. The van der Waals surface area contributed by atoms with Crippen molar-refractivity contribution in [1.82, 2.24) is 0 Å². The van der Waals surface area contributed by atoms with Crippen molar-refractivity contribution in [3.63, 3.8) is 0 Å². The van der Waals surface area contributed by atoms with Gasteiger partial charge in [0, 0.05) is 0 Å². The van der Waals surface area contributed by atoms with E-state index in [1.165, 1.54) is 0 Å². The molecule has 0 aliphatic rings. The van der Waals surface area contributed by atoms with Gasteiger partial charge in [-0.2, -0.15) is 0 Å². The summed E-state index contributed by atoms with van der Waals surface area (Å²) in [5, 5.41) is 19.7. The zero-order valence-corrected chi connectivity index (χ0v) is 19.8. The second-order valence-electron chi connectivity index (χ2n) is 8.07. The minimum atomic E-state index is 0.00904. The molecule has 0 amide bonds. The zero-order chi connectivity index (χ0) is 23.3. The quantitative estimate of drug-likeness (QED) is 0.355. The van der Waals surface area contributed by atoms with Gasteiger partial charge in [-0.15, -0.1) is 0 Å². The third kappa shape index (κ3) is 7.97. The van der Waals surface area contributed by atoms with Gasteiger partial charge in [-0.1, -0.05) is 55.7 Å². The van der Waals surface area contributed by atoms with Crippen LogP contribution in [-0.4, -0.2) is 49.9 Å². The number of phenolic OH excluding ortho intramolecular Hbond substituents is 1. The van der Waals surface area contributed by atoms with E-state index in [0.717, 1.165) is 53.5 Å². The highest BCUT2D eigenvalue weighted by Crippen LogP contribution is 2.42. The summed E-state index contributed by atoms with van der Waals surface area (Å²) in [6.07, 6.45) is 4.28. The van der Waals surface area contributed by atoms with Crippen molar-refractivity contribution in [2.45, 2.75) is 46.5 Å². The van der Waals surface area contributed by atoms with Gasteiger partial charge in [0.15, 0.2) is 0 Å². The Morgan fingerprint density at radius 1 is 0.969 bits per heavy atom. The number of unbranched alkanes of at least 4 members (excludes halogenated alkanes) is 2. The van der Waals surface area contributed by atoms with Crippen molar-refractivity contribution >= 4 is 5.57 Å². The maximum atomic E-state index is 11.0. The van der Waals surface area contributed by atoms with Gasteiger partial charge < -0.3 is 24.4 Å². The normalized spacial score (nSPS) is 11.0. The lowest BCUT2D eigenvalue weighted by molar-refractivity contribution is 0.0247. The molecule has 0 atom stereocenters. The molecule has 0 spiro atoms. The number of allylic oxidation sites excluding steroid dienone is 1. The van der Waals surface area contributed by atoms with E-state index in [2.05, 4.69) is 25.6 Å². The Kier molecular flexibility index (Phi) is 11.3. The highest BCUT2D eigenvalue weighted by Gasteiger charge is 2.18. The summed E-state index contributed by atoms with van der Waals surface area (Å²) < 4.78 is 16.9. The first kappa shape index (κ1) is 25.9. The molecule has 0 aromatic heterocycles. The van der Waals surface area contributed by atoms with Crippen LogP contribution < -0.4 is 4.74 Å². The lowest BCUT2D eigenvalue weighted by atomic mass is 9.91. The number of aryl methyl sites for hydroxylation is 2. The smallest absolute Gasteiger partial charge is 0.131 e. The SMILES string of the molecule is C=C(C)c1ccc(C)cc1-c1c(O)cc(CCCCC)cc1OCCOCCOCCO. The molecule has 0 radical (unpaired) electrons. The van der Waals surface area contributed by atoms with Crippen LogP contribution in [0, 0.1) is 6.92 Å². The minimum Gasteiger partial charge on any atom is -0.507 e. The highest BCUT2D eigenvalue weighted by atomic mass is 16.5. The van der Waals surface area contributed by atoms with E-state index in [9.17, 15) is 5.11 Å². The fourth-order valence-corrected chi connectivity index (χ4v) is 3.60. The number of hydrogen-bond donors (Lipinski definition) is 2. The molecule has 0 bridgehead atoms. The predicted molar refractivity (Wildman–Crippen MR) is 130 cm³/mol. The molecule has 0 heterocycles. The van der Waals surface area contributed by atoms with E-state index in [0.29, 0.717) is 44.3 Å². The Morgan fingerprint density at radius 2 is 1.69 bits per heavy atom. The van der Waals surface area contributed by atoms with Crippen LogP contribution in [-0.2, 0) is 15.9 Å². The number of phenols is 1. The van der Waals surface area contributed by atoms with Gasteiger partial charge in [-0.3, -0.25) is 0 Å². The van der Waals surface area contributed by atoms with E-state index in [1.807, 2.05) is 32.0 Å². The molecular formula is C27H38O5. The molecule has 5 heteroatoms. The van der Waals surface area contributed by atoms with Crippen molar-refractivity contribution in [2.75, 3.05) is 39.6 Å². The number of rotatable bonds is 15. The fourth-order valence-electron chi connectivity index (χ4n) is 3.60. The molecular weight excluding hydrogens is 404 g/mol. The fraction of sp³-hybridized carbons (Fsp3) is 0.481. The van der Waals surface area contributed by atoms with Crippen LogP contribution in [0.3, 0.4) is 0 Å². The lowest BCUT2D eigenvalue weighted by Crippen LogP contribution is -2.12. The van der Waals surface area contributed by atoms with Crippen molar-refractivity contribution < 1.29 is 24.4 Å². The zero-order valence-electron chi connectivity index (χ0n) is 19.8. The van der Waals surface area contributed by atoms with Crippen molar-refractivity contribution in [1.29, 1.82) is 0 Å². The summed E-state index contributed by atoms with van der Waals surface area (Å²) in [4.78, 5) is 0. The Balaban J connectivity index is 2.25. The number of ether oxygens (including phenoxy) is 3. The van der Waals surface area contributed by atoms with Gasteiger partial charge in [0.2, 0.25) is 0 Å². The molecule has 0 aliphatic heterocycles. The van der Waals surface area contributed by atoms with Gasteiger partial charge >= 0.3 is 0 Å². The summed E-state index contributed by atoms with van der Waals surface area (Å²) in [6, 6.07) is 10.1. The topological polar surface area (TPSA) is 68.2 Å². The van der Waals surface area contributed by atoms with E-state index >= 15 is 0 Å². The van der Waals surface area contributed by atoms with Crippen LogP contribution in [0.15, 0.2) is 36.9 Å². The van der Waals surface area contributed by atoms with Crippen molar-refractivity contribution in [3.05, 3.63) is 53.6 Å². The van der Waals surface area contributed by atoms with Gasteiger partial charge in [0.1, 0.15) is 18.1 Å². The molecule has 0 unspecified atom stereocenters. The highest BCUT2D eigenvalue weighted by molar-refractivity contribution is 5.86. The summed E-state index contributed by atoms with van der Waals surface area (Å²) >= 11 is 0. The summed E-state index contributed by atoms with van der Waals surface area (Å²) in [6.45, 7) is 12.3. The molecule has 0 saturated carbocycles. The maximum Gasteiger partial charge on any atom is 0.131 e. The van der Waals surface area contributed by atoms with Gasteiger partial charge in [-0.05, 0) is 55.5 Å². The molecule has 5 nitrogen and oxygen atoms in total. The first-order valence-corrected chi connectivity index (χ1v) is 11.5. The molecule has 2 aromatic carbocycles. The van der Waals surface area contributed by atoms with Crippen molar-refractivity contribution in [2.24, 2.45) is 0 Å². The number of hydrogen-bond acceptors (Lipinski definition) is 5. The number of aromatic hydroxyl groups is 1. The second kappa shape index (κ2) is 13.9. The van der Waals surface area contributed by atoms with Crippen molar-refractivity contribution in [3.8, 4) is 22.6 Å². The minimum absolute atomic E-state index is 0.00904. The van der Waals surface area contributed by atoms with Crippen LogP contribution in [0.5, 0.6) is 11.5 Å². The standard InChI is InChI=1S/C27H38O5/c1-5-6-7-8-22-18-25(29)27(24-17-21(4)9-10-23(24)20(2)3)26(19-22)32-16-15-31-14-13-30-12-11-28/h9-10,17-19,28-29H,2,5-8,11-16H2,1,3-4H3. The Bertz CT molecular complexity index is 859. The van der Waals surface area contributed by atoms with Gasteiger partial charge in [0.25, 0.3) is 0 Å². The largest absolute Gasteiger partial charge is 0.507 e. The molecule has 0 saturated heterocycles. The lowest BCUT2D eigenvalue weighted by Gasteiger charge is -2.18. The number of aliphatic hydroxyl groups excluding tert-OH is 1. The average Bonchev–Trinajstić information content (AvgIpc) is 2.75. The van der Waals surface area contributed by atoms with E-state index in [-0.39, 0.29) is 12.4 Å². The number of benzene rings is 2. The molecule has 2 N–H and O–H groups in total. The maximum absolute atomic E-state index is 11.0. The molecule has 2 aromatic rings. The predicted octanol–water partition coefficient (Wildman–Crippen LogP) is 5.54. The summed E-state index contributed by atoms with van der Waals surface area (Å²) in [5.74, 6) is 0.880. The van der Waals surface area contributed by atoms with Crippen LogP contribution in [0.4, 0.5) is 0 Å². The average molecular weight is 443 g/mol. The Hall–Kier alpha value is -2.34. The van der Waals surface area contributed by atoms with Crippen LogP contribution in [0.1, 0.15) is 49.8 Å². The van der Waals surface area contributed by atoms with Gasteiger partial charge in [-0.25, -0.2) is 0 Å². The van der Waals surface area contributed by atoms with Crippen LogP contribution in [0.25, 0.3) is 16.7 Å². The first-order chi connectivity index (χ1) is 15.5. The molecule has 0 aliphatic carbocycles. The van der Waals surface area contributed by atoms with E-state index in [4.69, 9.17) is 19.3 Å². The second-order valence-corrected chi connectivity index (χ2v) is 8.07. The van der Waals surface area contributed by atoms with Crippen LogP contribution in [0.2, 0.25) is 0 Å². The Labute approximate surface area is 192 Å². The van der Waals surface area contributed by atoms with Crippen LogP contribution >= 0.6 is 0 Å². The van der Waals surface area contributed by atoms with E-state index in [1.54, 1.807) is 0 Å². The molecule has 32 heavy (non-hydrogen) atoms. The van der Waals surface area contributed by atoms with E-state index < -0.39 is 0 Å². The molecule has 0 fully saturated rings. The third-order valence-electron chi connectivity index (χ3n) is 5.21. The molecule has 2 rings (SSSR count). The third-order valence-corrected chi connectivity index (χ3v) is 5.21. The Morgan fingerprint density at radius 3 is 2.38 bits per heavy atom. The number of aliphatic hydroxyl groups is 1. The monoisotopic (exact) mass is 442 g/mol. The first-order valence-electron chi connectivity index (χ1n) is 11.5. The van der Waals surface area contributed by atoms with Gasteiger partial charge in [0.05, 0.1) is 38.6 Å². The summed E-state index contributed by atoms with van der Waals surface area (Å²) in [5.41, 5.74) is 5.71. The summed E-state index contributed by atoms with van der Waals surface area (Å²) in [7, 11) is 0.